The van der Waals surface area contributed by atoms with Crippen LogP contribution in [-0.2, 0) is 0 Å². The Morgan fingerprint density at radius 1 is 1.29 bits per heavy atom. The van der Waals surface area contributed by atoms with E-state index < -0.39 is 5.91 Å². The standard InChI is InChI=1S/C15H13ClN6O2/c1-2-24-11-7-6-9(16)12(18-11)14(23)20-15-19-13(21-22-15)10-5-3-4-8-17-10/h3-8H,2H2,1H3,(H2,19,20,21,22,23). The average molecular weight is 345 g/mol. The van der Waals surface area contributed by atoms with Crippen molar-refractivity contribution in [1.29, 1.82) is 0 Å². The summed E-state index contributed by atoms with van der Waals surface area (Å²) in [6.45, 7) is 2.26. The van der Waals surface area contributed by atoms with Gasteiger partial charge in [0.05, 0.1) is 11.6 Å². The van der Waals surface area contributed by atoms with Crippen LogP contribution in [0.5, 0.6) is 5.88 Å². The van der Waals surface area contributed by atoms with Crippen molar-refractivity contribution in [3.05, 3.63) is 47.2 Å². The zero-order valence-corrected chi connectivity index (χ0v) is 13.4. The highest BCUT2D eigenvalue weighted by molar-refractivity contribution is 6.34. The maximum atomic E-state index is 12.3. The number of halogens is 1. The van der Waals surface area contributed by atoms with E-state index >= 15 is 0 Å². The molecule has 0 unspecified atom stereocenters. The van der Waals surface area contributed by atoms with Crippen LogP contribution >= 0.6 is 11.6 Å². The van der Waals surface area contributed by atoms with Crippen molar-refractivity contribution < 1.29 is 9.53 Å². The van der Waals surface area contributed by atoms with Gasteiger partial charge in [-0.05, 0) is 25.1 Å². The van der Waals surface area contributed by atoms with Crippen molar-refractivity contribution in [3.63, 3.8) is 0 Å². The van der Waals surface area contributed by atoms with Crippen LogP contribution in [0.4, 0.5) is 5.95 Å². The normalized spacial score (nSPS) is 10.4. The minimum absolute atomic E-state index is 0.0341. The van der Waals surface area contributed by atoms with E-state index in [4.69, 9.17) is 16.3 Å². The van der Waals surface area contributed by atoms with Crippen molar-refractivity contribution in [2.24, 2.45) is 0 Å². The summed E-state index contributed by atoms with van der Waals surface area (Å²) in [5.41, 5.74) is 0.645. The van der Waals surface area contributed by atoms with Gasteiger partial charge in [-0.15, -0.1) is 5.10 Å². The molecule has 3 aromatic heterocycles. The number of ether oxygens (including phenoxy) is 1. The lowest BCUT2D eigenvalue weighted by molar-refractivity contribution is 0.102. The summed E-state index contributed by atoms with van der Waals surface area (Å²) >= 11 is 6.02. The summed E-state index contributed by atoms with van der Waals surface area (Å²) in [7, 11) is 0. The maximum Gasteiger partial charge on any atom is 0.278 e. The van der Waals surface area contributed by atoms with Gasteiger partial charge in [-0.25, -0.2) is 4.98 Å². The van der Waals surface area contributed by atoms with Gasteiger partial charge >= 0.3 is 0 Å². The molecule has 0 aliphatic carbocycles. The van der Waals surface area contributed by atoms with Crippen LogP contribution in [-0.4, -0.2) is 37.7 Å². The van der Waals surface area contributed by atoms with Gasteiger partial charge < -0.3 is 4.74 Å². The first-order valence-corrected chi connectivity index (χ1v) is 7.49. The quantitative estimate of drug-likeness (QED) is 0.736. The fraction of sp³-hybridized carbons (Fsp3) is 0.133. The van der Waals surface area contributed by atoms with E-state index in [2.05, 4.69) is 30.5 Å². The number of hydrogen-bond donors (Lipinski definition) is 2. The van der Waals surface area contributed by atoms with Crippen LogP contribution in [0.3, 0.4) is 0 Å². The van der Waals surface area contributed by atoms with Gasteiger partial charge in [0.15, 0.2) is 11.5 Å². The van der Waals surface area contributed by atoms with Crippen molar-refractivity contribution in [2.45, 2.75) is 6.92 Å². The molecular weight excluding hydrogens is 332 g/mol. The first-order chi connectivity index (χ1) is 11.7. The predicted molar refractivity (Wildman–Crippen MR) is 88.0 cm³/mol. The van der Waals surface area contributed by atoms with Gasteiger partial charge in [0.2, 0.25) is 11.8 Å². The second kappa shape index (κ2) is 7.05. The Balaban J connectivity index is 1.78. The van der Waals surface area contributed by atoms with E-state index in [9.17, 15) is 4.79 Å². The molecule has 122 valence electrons. The highest BCUT2D eigenvalue weighted by atomic mass is 35.5. The average Bonchev–Trinajstić information content (AvgIpc) is 3.06. The summed E-state index contributed by atoms with van der Waals surface area (Å²) in [6, 6.07) is 8.53. The number of anilines is 1. The Hall–Kier alpha value is -3.00. The molecule has 0 saturated carbocycles. The SMILES string of the molecule is CCOc1ccc(Cl)c(C(=O)Nc2n[nH]c(-c3ccccn3)n2)n1. The first-order valence-electron chi connectivity index (χ1n) is 7.12. The van der Waals surface area contributed by atoms with Crippen molar-refractivity contribution in [3.8, 4) is 17.4 Å². The number of H-pyrrole nitrogens is 1. The number of hydrogen-bond acceptors (Lipinski definition) is 6. The second-order valence-corrected chi connectivity index (χ2v) is 5.00. The van der Waals surface area contributed by atoms with Crippen LogP contribution in [0.25, 0.3) is 11.5 Å². The Morgan fingerprint density at radius 2 is 2.17 bits per heavy atom. The Labute approximate surface area is 142 Å². The van der Waals surface area contributed by atoms with E-state index in [1.54, 1.807) is 30.5 Å². The van der Waals surface area contributed by atoms with Gasteiger partial charge in [-0.3, -0.25) is 20.2 Å². The summed E-state index contributed by atoms with van der Waals surface area (Å²) in [4.78, 5) is 24.7. The van der Waals surface area contributed by atoms with Crippen LogP contribution in [0.1, 0.15) is 17.4 Å². The molecule has 24 heavy (non-hydrogen) atoms. The van der Waals surface area contributed by atoms with Gasteiger partial charge in [0.1, 0.15) is 5.69 Å². The molecule has 9 heteroatoms. The third-order valence-corrected chi connectivity index (χ3v) is 3.25. The molecule has 3 heterocycles. The van der Waals surface area contributed by atoms with E-state index in [0.717, 1.165) is 0 Å². The molecule has 0 saturated heterocycles. The van der Waals surface area contributed by atoms with Crippen molar-refractivity contribution >= 4 is 23.5 Å². The number of nitrogens with zero attached hydrogens (tertiary/aromatic N) is 4. The Kier molecular flexibility index (Phi) is 4.66. The molecule has 0 fully saturated rings. The zero-order chi connectivity index (χ0) is 16.9. The number of carbonyl (C=O) groups excluding carboxylic acids is 1. The third-order valence-electron chi connectivity index (χ3n) is 2.95. The van der Waals surface area contributed by atoms with Gasteiger partial charge in [-0.1, -0.05) is 17.7 Å². The molecule has 1 amide bonds. The molecule has 0 bridgehead atoms. The molecular formula is C15H13ClN6O2. The van der Waals surface area contributed by atoms with E-state index in [0.29, 0.717) is 24.0 Å². The maximum absolute atomic E-state index is 12.3. The molecule has 0 aliphatic heterocycles. The number of aromatic amines is 1. The lowest BCUT2D eigenvalue weighted by Crippen LogP contribution is -2.15. The number of rotatable bonds is 5. The number of aromatic nitrogens is 5. The first kappa shape index (κ1) is 15.9. The van der Waals surface area contributed by atoms with Gasteiger partial charge in [0.25, 0.3) is 5.91 Å². The highest BCUT2D eigenvalue weighted by Gasteiger charge is 2.16. The molecule has 8 nitrogen and oxygen atoms in total. The van der Waals surface area contributed by atoms with Gasteiger partial charge in [0, 0.05) is 12.3 Å². The van der Waals surface area contributed by atoms with Crippen LogP contribution in [0.2, 0.25) is 5.02 Å². The number of carbonyl (C=O) groups is 1. The Morgan fingerprint density at radius 3 is 2.92 bits per heavy atom. The highest BCUT2D eigenvalue weighted by Crippen LogP contribution is 2.19. The molecule has 2 N–H and O–H groups in total. The monoisotopic (exact) mass is 344 g/mol. The molecule has 0 aliphatic rings. The second-order valence-electron chi connectivity index (χ2n) is 4.59. The van der Waals surface area contributed by atoms with E-state index in [1.807, 2.05) is 13.0 Å². The minimum atomic E-state index is -0.534. The number of pyridine rings is 2. The fourth-order valence-corrected chi connectivity index (χ4v) is 2.10. The minimum Gasteiger partial charge on any atom is -0.478 e. The third kappa shape index (κ3) is 3.49. The lowest BCUT2D eigenvalue weighted by atomic mass is 10.3. The van der Waals surface area contributed by atoms with E-state index in [-0.39, 0.29) is 16.7 Å². The molecule has 0 spiro atoms. The summed E-state index contributed by atoms with van der Waals surface area (Å²) < 4.78 is 5.27. The zero-order valence-electron chi connectivity index (χ0n) is 12.7. The largest absolute Gasteiger partial charge is 0.478 e. The van der Waals surface area contributed by atoms with Gasteiger partial charge in [-0.2, -0.15) is 4.98 Å². The summed E-state index contributed by atoms with van der Waals surface area (Å²) in [6.07, 6.45) is 1.64. The predicted octanol–water partition coefficient (Wildman–Crippen LogP) is 2.57. The molecule has 3 rings (SSSR count). The lowest BCUT2D eigenvalue weighted by Gasteiger charge is -2.06. The van der Waals surface area contributed by atoms with Crippen LogP contribution in [0.15, 0.2) is 36.5 Å². The number of nitrogens with one attached hydrogen (secondary N) is 2. The smallest absolute Gasteiger partial charge is 0.278 e. The molecule has 3 aromatic rings. The van der Waals surface area contributed by atoms with E-state index in [1.165, 1.54) is 0 Å². The van der Waals surface area contributed by atoms with Crippen molar-refractivity contribution in [2.75, 3.05) is 11.9 Å². The summed E-state index contributed by atoms with van der Waals surface area (Å²) in [5.74, 6) is 0.317. The molecule has 0 aromatic carbocycles. The topological polar surface area (TPSA) is 106 Å². The Bertz CT molecular complexity index is 852. The van der Waals surface area contributed by atoms with Crippen molar-refractivity contribution in [1.82, 2.24) is 25.1 Å². The van der Waals surface area contributed by atoms with Crippen LogP contribution < -0.4 is 10.1 Å². The molecule has 0 atom stereocenters. The number of amides is 1. The van der Waals surface area contributed by atoms with Crippen LogP contribution in [0, 0.1) is 0 Å². The summed E-state index contributed by atoms with van der Waals surface area (Å²) in [5, 5.41) is 9.39. The fourth-order valence-electron chi connectivity index (χ4n) is 1.91. The molecule has 0 radical (unpaired) electrons.